The van der Waals surface area contributed by atoms with Crippen LogP contribution in [-0.2, 0) is 0 Å². The molecule has 0 radical (unpaired) electrons. The Labute approximate surface area is 118 Å². The summed E-state index contributed by atoms with van der Waals surface area (Å²) in [5.41, 5.74) is 0.585. The largest absolute Gasteiger partial charge is 0.338 e. The van der Waals surface area contributed by atoms with Crippen molar-refractivity contribution in [2.45, 2.75) is 26.2 Å². The molecule has 1 aromatic carbocycles. The van der Waals surface area contributed by atoms with E-state index < -0.39 is 0 Å². The van der Waals surface area contributed by atoms with Crippen LogP contribution in [0.3, 0.4) is 0 Å². The number of benzene rings is 1. The molecule has 0 N–H and O–H groups in total. The first-order chi connectivity index (χ1) is 8.60. The van der Waals surface area contributed by atoms with E-state index in [0.29, 0.717) is 21.5 Å². The predicted octanol–water partition coefficient (Wildman–Crippen LogP) is 4.26. The lowest BCUT2D eigenvalue weighted by Crippen LogP contribution is -2.33. The monoisotopic (exact) mass is 285 g/mol. The van der Waals surface area contributed by atoms with Crippen LogP contribution in [0.4, 0.5) is 0 Å². The number of hydrogen-bond acceptors (Lipinski definition) is 1. The first-order valence-corrected chi connectivity index (χ1v) is 7.11. The Balaban J connectivity index is 2.14. The van der Waals surface area contributed by atoms with Crippen molar-refractivity contribution in [1.82, 2.24) is 4.90 Å². The zero-order valence-electron chi connectivity index (χ0n) is 10.5. The number of hydrogen-bond donors (Lipinski definition) is 0. The highest BCUT2D eigenvalue weighted by Crippen LogP contribution is 2.30. The predicted molar refractivity (Wildman–Crippen MR) is 75.4 cm³/mol. The van der Waals surface area contributed by atoms with E-state index in [4.69, 9.17) is 23.2 Å². The lowest BCUT2D eigenvalue weighted by molar-refractivity contribution is 0.0747. The summed E-state index contributed by atoms with van der Waals surface area (Å²) in [6.45, 7) is 3.73. The number of carbonyl (C=O) groups excluding carboxylic acids is 1. The maximum Gasteiger partial charge on any atom is 0.253 e. The van der Waals surface area contributed by atoms with Gasteiger partial charge in [0.25, 0.3) is 5.91 Å². The fourth-order valence-electron chi connectivity index (χ4n) is 2.02. The van der Waals surface area contributed by atoms with Gasteiger partial charge in [0.2, 0.25) is 0 Å². The van der Waals surface area contributed by atoms with Crippen LogP contribution < -0.4 is 0 Å². The summed E-state index contributed by atoms with van der Waals surface area (Å²) in [7, 11) is 0. The summed E-state index contributed by atoms with van der Waals surface area (Å²) >= 11 is 11.9. The van der Waals surface area contributed by atoms with E-state index >= 15 is 0 Å². The number of rotatable bonds is 5. The molecule has 0 spiro atoms. The topological polar surface area (TPSA) is 20.3 Å². The van der Waals surface area contributed by atoms with E-state index in [9.17, 15) is 4.79 Å². The normalized spacial score (nSPS) is 14.6. The third kappa shape index (κ3) is 3.63. The molecule has 1 amide bonds. The van der Waals surface area contributed by atoms with Crippen LogP contribution in [0, 0.1) is 5.92 Å². The molecular weight excluding hydrogens is 269 g/mol. The van der Waals surface area contributed by atoms with Gasteiger partial charge in [0.05, 0.1) is 0 Å². The average molecular weight is 286 g/mol. The first kappa shape index (κ1) is 13.7. The van der Waals surface area contributed by atoms with E-state index in [1.54, 1.807) is 18.2 Å². The van der Waals surface area contributed by atoms with E-state index in [0.717, 1.165) is 19.5 Å². The molecule has 1 aliphatic carbocycles. The molecule has 0 bridgehead atoms. The Morgan fingerprint density at radius 2 is 1.89 bits per heavy atom. The molecule has 0 heterocycles. The second kappa shape index (κ2) is 5.94. The maximum absolute atomic E-state index is 12.4. The zero-order chi connectivity index (χ0) is 13.1. The average Bonchev–Trinajstić information content (AvgIpc) is 3.10. The molecule has 4 heteroatoms. The van der Waals surface area contributed by atoms with Gasteiger partial charge in [-0.25, -0.2) is 0 Å². The van der Waals surface area contributed by atoms with E-state index in [2.05, 4.69) is 6.92 Å². The lowest BCUT2D eigenvalue weighted by Gasteiger charge is -2.22. The molecular formula is C14H17Cl2NO. The second-order valence-corrected chi connectivity index (χ2v) is 5.73. The summed E-state index contributed by atoms with van der Waals surface area (Å²) in [6, 6.07) is 5.02. The molecule has 1 fully saturated rings. The highest BCUT2D eigenvalue weighted by atomic mass is 35.5. The van der Waals surface area contributed by atoms with Gasteiger partial charge in [-0.3, -0.25) is 4.79 Å². The van der Waals surface area contributed by atoms with Crippen molar-refractivity contribution in [3.63, 3.8) is 0 Å². The van der Waals surface area contributed by atoms with Gasteiger partial charge in [0.15, 0.2) is 0 Å². The lowest BCUT2D eigenvalue weighted by atomic mass is 10.2. The number of nitrogens with zero attached hydrogens (tertiary/aromatic N) is 1. The summed E-state index contributed by atoms with van der Waals surface area (Å²) < 4.78 is 0. The number of halogens is 2. The first-order valence-electron chi connectivity index (χ1n) is 6.35. The van der Waals surface area contributed by atoms with Crippen molar-refractivity contribution in [3.8, 4) is 0 Å². The quantitative estimate of drug-likeness (QED) is 0.792. The Morgan fingerprint density at radius 3 is 2.39 bits per heavy atom. The number of carbonyl (C=O) groups is 1. The highest BCUT2D eigenvalue weighted by molar-refractivity contribution is 6.35. The molecule has 1 aromatic rings. The molecule has 0 aromatic heterocycles. The van der Waals surface area contributed by atoms with Gasteiger partial charge in [-0.2, -0.15) is 0 Å². The minimum atomic E-state index is 0.0353. The Bertz CT molecular complexity index is 423. The highest BCUT2D eigenvalue weighted by Gasteiger charge is 2.27. The maximum atomic E-state index is 12.4. The zero-order valence-corrected chi connectivity index (χ0v) is 12.0. The van der Waals surface area contributed by atoms with Gasteiger partial charge >= 0.3 is 0 Å². The van der Waals surface area contributed by atoms with E-state index in [1.807, 2.05) is 4.90 Å². The molecule has 2 rings (SSSR count). The minimum Gasteiger partial charge on any atom is -0.338 e. The van der Waals surface area contributed by atoms with Crippen molar-refractivity contribution in [1.29, 1.82) is 0 Å². The van der Waals surface area contributed by atoms with Crippen molar-refractivity contribution in [3.05, 3.63) is 33.8 Å². The Morgan fingerprint density at radius 1 is 1.28 bits per heavy atom. The summed E-state index contributed by atoms with van der Waals surface area (Å²) in [4.78, 5) is 14.3. The molecule has 98 valence electrons. The molecule has 2 nitrogen and oxygen atoms in total. The van der Waals surface area contributed by atoms with Crippen LogP contribution in [-0.4, -0.2) is 23.9 Å². The third-order valence-electron chi connectivity index (χ3n) is 3.07. The molecule has 0 saturated heterocycles. The Hall–Kier alpha value is -0.730. The summed E-state index contributed by atoms with van der Waals surface area (Å²) in [5.74, 6) is 0.725. The van der Waals surface area contributed by atoms with Crippen molar-refractivity contribution in [2.75, 3.05) is 13.1 Å². The van der Waals surface area contributed by atoms with Crippen LogP contribution >= 0.6 is 23.2 Å². The summed E-state index contributed by atoms with van der Waals surface area (Å²) in [5, 5.41) is 1.02. The minimum absolute atomic E-state index is 0.0353. The van der Waals surface area contributed by atoms with Gasteiger partial charge in [-0.15, -0.1) is 0 Å². The van der Waals surface area contributed by atoms with Gasteiger partial charge in [0.1, 0.15) is 0 Å². The van der Waals surface area contributed by atoms with Crippen LogP contribution in [0.15, 0.2) is 18.2 Å². The smallest absolute Gasteiger partial charge is 0.253 e. The standard InChI is InChI=1S/C14H17Cl2NO/c1-2-5-17(9-10-3-4-10)14(18)11-6-12(15)8-13(16)7-11/h6-8,10H,2-5,9H2,1H3. The van der Waals surface area contributed by atoms with Crippen LogP contribution in [0.2, 0.25) is 10.0 Å². The van der Waals surface area contributed by atoms with E-state index in [1.165, 1.54) is 12.8 Å². The molecule has 18 heavy (non-hydrogen) atoms. The SMILES string of the molecule is CCCN(CC1CC1)C(=O)c1cc(Cl)cc(Cl)c1. The third-order valence-corrected chi connectivity index (χ3v) is 3.50. The van der Waals surface area contributed by atoms with Crippen LogP contribution in [0.1, 0.15) is 36.5 Å². The Kier molecular flexibility index (Phi) is 4.52. The number of amides is 1. The molecule has 0 atom stereocenters. The van der Waals surface area contributed by atoms with Crippen LogP contribution in [0.25, 0.3) is 0 Å². The van der Waals surface area contributed by atoms with Crippen molar-refractivity contribution < 1.29 is 4.79 Å². The fourth-order valence-corrected chi connectivity index (χ4v) is 2.54. The van der Waals surface area contributed by atoms with Gasteiger partial charge < -0.3 is 4.90 Å². The summed E-state index contributed by atoms with van der Waals surface area (Å²) in [6.07, 6.45) is 3.44. The van der Waals surface area contributed by atoms with Gasteiger partial charge in [-0.1, -0.05) is 30.1 Å². The van der Waals surface area contributed by atoms with Gasteiger partial charge in [-0.05, 0) is 43.4 Å². The van der Waals surface area contributed by atoms with E-state index in [-0.39, 0.29) is 5.91 Å². The molecule has 0 aliphatic heterocycles. The van der Waals surface area contributed by atoms with Gasteiger partial charge in [0, 0.05) is 28.7 Å². The molecule has 1 aliphatic rings. The van der Waals surface area contributed by atoms with Crippen LogP contribution in [0.5, 0.6) is 0 Å². The second-order valence-electron chi connectivity index (χ2n) is 4.85. The van der Waals surface area contributed by atoms with Crippen molar-refractivity contribution >= 4 is 29.1 Å². The molecule has 1 saturated carbocycles. The van der Waals surface area contributed by atoms with Crippen molar-refractivity contribution in [2.24, 2.45) is 5.92 Å². The molecule has 0 unspecified atom stereocenters. The fraction of sp³-hybridized carbons (Fsp3) is 0.500.